The van der Waals surface area contributed by atoms with Gasteiger partial charge < -0.3 is 0 Å². The number of hydrogen-bond donors (Lipinski definition) is 1. The minimum absolute atomic E-state index is 0.107. The zero-order valence-corrected chi connectivity index (χ0v) is 8.36. The number of carbonyl (C=O) groups excluding carboxylic acids is 1. The molecule has 0 radical (unpaired) electrons. The van der Waals surface area contributed by atoms with Crippen molar-refractivity contribution < 1.29 is 4.79 Å². The summed E-state index contributed by atoms with van der Waals surface area (Å²) < 4.78 is 0. The fraction of sp³-hybridized carbons (Fsp3) is 0.444. The maximum absolute atomic E-state index is 11.7. The highest BCUT2D eigenvalue weighted by Crippen LogP contribution is 2.17. The summed E-state index contributed by atoms with van der Waals surface area (Å²) in [5.41, 5.74) is 3.05. The van der Waals surface area contributed by atoms with E-state index in [4.69, 9.17) is 0 Å². The van der Waals surface area contributed by atoms with Crippen LogP contribution in [-0.4, -0.2) is 24.0 Å². The molecule has 70 valence electrons. The molecule has 0 unspecified atom stereocenters. The molecule has 0 aliphatic carbocycles. The minimum Gasteiger partial charge on any atom is -0.273 e. The lowest BCUT2D eigenvalue weighted by atomic mass is 10.4. The van der Waals surface area contributed by atoms with Crippen LogP contribution in [0.25, 0.3) is 0 Å². The minimum atomic E-state index is 0.107. The summed E-state index contributed by atoms with van der Waals surface area (Å²) in [6.45, 7) is 3.75. The van der Waals surface area contributed by atoms with E-state index in [1.54, 1.807) is 16.3 Å². The van der Waals surface area contributed by atoms with Gasteiger partial charge in [-0.25, -0.2) is 5.43 Å². The molecule has 1 saturated heterocycles. The molecule has 0 aromatic carbocycles. The molecule has 3 nitrogen and oxygen atoms in total. The number of hydrogen-bond acceptors (Lipinski definition) is 3. The first-order valence-electron chi connectivity index (χ1n) is 4.39. The second kappa shape index (κ2) is 3.47. The van der Waals surface area contributed by atoms with Crippen LogP contribution in [0.2, 0.25) is 0 Å². The molecule has 1 N–H and O–H groups in total. The van der Waals surface area contributed by atoms with Crippen molar-refractivity contribution in [3.8, 4) is 0 Å². The second-order valence-electron chi connectivity index (χ2n) is 3.13. The predicted octanol–water partition coefficient (Wildman–Crippen LogP) is 1.41. The van der Waals surface area contributed by atoms with Gasteiger partial charge in [0.05, 0.1) is 4.88 Å². The number of hydrazine groups is 1. The topological polar surface area (TPSA) is 32.3 Å². The summed E-state index contributed by atoms with van der Waals surface area (Å²) >= 11 is 1.55. The molecule has 0 atom stereocenters. The Kier molecular flexibility index (Phi) is 2.33. The highest BCUT2D eigenvalue weighted by atomic mass is 32.1. The molecule has 0 bridgehead atoms. The van der Waals surface area contributed by atoms with Gasteiger partial charge in [-0.05, 0) is 25.5 Å². The summed E-state index contributed by atoms with van der Waals surface area (Å²) in [5, 5.41) is 1.70. The maximum Gasteiger partial charge on any atom is 0.278 e. The van der Waals surface area contributed by atoms with Crippen LogP contribution in [0.3, 0.4) is 0 Å². The van der Waals surface area contributed by atoms with Crippen molar-refractivity contribution in [1.29, 1.82) is 0 Å². The van der Waals surface area contributed by atoms with Crippen LogP contribution in [0.4, 0.5) is 0 Å². The Hall–Kier alpha value is -0.870. The number of rotatable bonds is 1. The SMILES string of the molecule is Cc1ccc(C(=O)N2CCCN2)s1. The lowest BCUT2D eigenvalue weighted by Crippen LogP contribution is -2.36. The zero-order chi connectivity index (χ0) is 9.26. The van der Waals surface area contributed by atoms with E-state index in [0.29, 0.717) is 0 Å². The number of thiophene rings is 1. The van der Waals surface area contributed by atoms with Gasteiger partial charge in [-0.1, -0.05) is 0 Å². The molecule has 2 heterocycles. The van der Waals surface area contributed by atoms with E-state index < -0.39 is 0 Å². The van der Waals surface area contributed by atoms with Crippen molar-refractivity contribution in [3.05, 3.63) is 21.9 Å². The predicted molar refractivity (Wildman–Crippen MR) is 52.7 cm³/mol. The molecule has 2 rings (SSSR count). The second-order valence-corrected chi connectivity index (χ2v) is 4.42. The van der Waals surface area contributed by atoms with Gasteiger partial charge in [-0.3, -0.25) is 9.80 Å². The average molecular weight is 196 g/mol. The third-order valence-electron chi connectivity index (χ3n) is 2.06. The Balaban J connectivity index is 2.12. The number of nitrogens with zero attached hydrogens (tertiary/aromatic N) is 1. The Labute approximate surface area is 81.3 Å². The van der Waals surface area contributed by atoms with Crippen molar-refractivity contribution in [2.45, 2.75) is 13.3 Å². The van der Waals surface area contributed by atoms with Crippen molar-refractivity contribution in [2.75, 3.05) is 13.1 Å². The summed E-state index contributed by atoms with van der Waals surface area (Å²) in [6, 6.07) is 3.87. The Morgan fingerprint density at radius 1 is 1.62 bits per heavy atom. The average Bonchev–Trinajstić information content (AvgIpc) is 2.72. The summed E-state index contributed by atoms with van der Waals surface area (Å²) in [4.78, 5) is 13.7. The highest BCUT2D eigenvalue weighted by Gasteiger charge is 2.19. The van der Waals surface area contributed by atoms with Crippen molar-refractivity contribution >= 4 is 17.2 Å². The normalized spacial score (nSPS) is 16.5. The van der Waals surface area contributed by atoms with Gasteiger partial charge >= 0.3 is 0 Å². The Morgan fingerprint density at radius 3 is 3.00 bits per heavy atom. The summed E-state index contributed by atoms with van der Waals surface area (Å²) in [6.07, 6.45) is 1.05. The van der Waals surface area contributed by atoms with Crippen LogP contribution in [0.15, 0.2) is 12.1 Å². The van der Waals surface area contributed by atoms with Crippen LogP contribution >= 0.6 is 11.3 Å². The number of carbonyl (C=O) groups is 1. The summed E-state index contributed by atoms with van der Waals surface area (Å²) in [7, 11) is 0. The number of nitrogens with one attached hydrogen (secondary N) is 1. The van der Waals surface area contributed by atoms with Crippen LogP contribution in [0.5, 0.6) is 0 Å². The molecule has 1 fully saturated rings. The first-order valence-corrected chi connectivity index (χ1v) is 5.21. The zero-order valence-electron chi connectivity index (χ0n) is 7.54. The molecular formula is C9H12N2OS. The monoisotopic (exact) mass is 196 g/mol. The van der Waals surface area contributed by atoms with E-state index in [9.17, 15) is 4.79 Å². The van der Waals surface area contributed by atoms with Gasteiger partial charge in [0.1, 0.15) is 0 Å². The summed E-state index contributed by atoms with van der Waals surface area (Å²) in [5.74, 6) is 0.107. The molecule has 1 aromatic rings. The third kappa shape index (κ3) is 1.73. The Bertz CT molecular complexity index is 315. The fourth-order valence-corrected chi connectivity index (χ4v) is 2.20. The first kappa shape index (κ1) is 8.72. The molecule has 0 saturated carbocycles. The Morgan fingerprint density at radius 2 is 2.46 bits per heavy atom. The van der Waals surface area contributed by atoms with Gasteiger partial charge in [0.2, 0.25) is 0 Å². The van der Waals surface area contributed by atoms with E-state index in [1.165, 1.54) is 4.88 Å². The molecule has 4 heteroatoms. The molecule has 1 amide bonds. The lowest BCUT2D eigenvalue weighted by molar-refractivity contribution is 0.0731. The van der Waals surface area contributed by atoms with Gasteiger partial charge in [-0.15, -0.1) is 11.3 Å². The maximum atomic E-state index is 11.7. The lowest BCUT2D eigenvalue weighted by Gasteiger charge is -2.13. The van der Waals surface area contributed by atoms with Gasteiger partial charge in [-0.2, -0.15) is 0 Å². The van der Waals surface area contributed by atoms with Crippen molar-refractivity contribution in [1.82, 2.24) is 10.4 Å². The van der Waals surface area contributed by atoms with E-state index in [1.807, 2.05) is 19.1 Å². The number of amides is 1. The van der Waals surface area contributed by atoms with Crippen molar-refractivity contribution in [3.63, 3.8) is 0 Å². The fourth-order valence-electron chi connectivity index (χ4n) is 1.39. The van der Waals surface area contributed by atoms with E-state index in [0.717, 1.165) is 24.4 Å². The van der Waals surface area contributed by atoms with Gasteiger partial charge in [0.15, 0.2) is 0 Å². The van der Waals surface area contributed by atoms with Crippen LogP contribution in [0.1, 0.15) is 21.0 Å². The van der Waals surface area contributed by atoms with Gasteiger partial charge in [0, 0.05) is 18.0 Å². The number of aryl methyl sites for hydroxylation is 1. The standard InChI is InChI=1S/C9H12N2OS/c1-7-3-4-8(13-7)9(12)11-6-2-5-10-11/h3-4,10H,2,5-6H2,1H3. The molecular weight excluding hydrogens is 184 g/mol. The molecule has 1 aliphatic rings. The molecule has 13 heavy (non-hydrogen) atoms. The largest absolute Gasteiger partial charge is 0.278 e. The van der Waals surface area contributed by atoms with E-state index in [-0.39, 0.29) is 5.91 Å². The molecule has 1 aromatic heterocycles. The van der Waals surface area contributed by atoms with Crippen molar-refractivity contribution in [2.24, 2.45) is 0 Å². The first-order chi connectivity index (χ1) is 6.27. The third-order valence-corrected chi connectivity index (χ3v) is 3.05. The quantitative estimate of drug-likeness (QED) is 0.736. The molecule has 0 spiro atoms. The van der Waals surface area contributed by atoms with Crippen LogP contribution in [-0.2, 0) is 0 Å². The van der Waals surface area contributed by atoms with Crippen LogP contribution in [0, 0.1) is 6.92 Å². The highest BCUT2D eigenvalue weighted by molar-refractivity contribution is 7.13. The van der Waals surface area contributed by atoms with Crippen LogP contribution < -0.4 is 5.43 Å². The smallest absolute Gasteiger partial charge is 0.273 e. The molecule has 1 aliphatic heterocycles. The van der Waals surface area contributed by atoms with Gasteiger partial charge in [0.25, 0.3) is 5.91 Å². The van der Waals surface area contributed by atoms with E-state index in [2.05, 4.69) is 5.43 Å². The van der Waals surface area contributed by atoms with E-state index >= 15 is 0 Å².